The Bertz CT molecular complexity index is 1050. The van der Waals surface area contributed by atoms with Gasteiger partial charge in [-0.1, -0.05) is 0 Å². The second-order valence-corrected chi connectivity index (χ2v) is 6.88. The number of ether oxygens (including phenoxy) is 1. The number of carbonyl (C=O) groups is 2. The number of esters is 1. The van der Waals surface area contributed by atoms with Crippen molar-refractivity contribution in [3.05, 3.63) is 81.7 Å². The zero-order chi connectivity index (χ0) is 20.3. The lowest BCUT2D eigenvalue weighted by Gasteiger charge is -2.09. The van der Waals surface area contributed by atoms with Crippen LogP contribution >= 0.6 is 15.9 Å². The molecule has 0 saturated heterocycles. The minimum absolute atomic E-state index is 0.316. The summed E-state index contributed by atoms with van der Waals surface area (Å²) in [6.45, 7) is 3.27. The van der Waals surface area contributed by atoms with E-state index in [-0.39, 0.29) is 18.2 Å². The molecule has 0 bridgehead atoms. The molecule has 3 aromatic rings. The number of Topliss-reactive ketones (excluding diaryl/α,β-unsaturated/α-hetero) is 1. The summed E-state index contributed by atoms with van der Waals surface area (Å²) in [6.07, 6.45) is 2.65. The Hall–Kier alpha value is -2.93. The fourth-order valence-electron chi connectivity index (χ4n) is 2.86. The van der Waals surface area contributed by atoms with Crippen molar-refractivity contribution < 1.29 is 23.1 Å². The molecule has 7 heteroatoms. The summed E-state index contributed by atoms with van der Waals surface area (Å²) in [6, 6.07) is 11.1. The molecule has 144 valence electrons. The molecule has 0 aliphatic carbocycles. The number of aryl methyl sites for hydroxylation is 1. The van der Waals surface area contributed by atoms with Crippen molar-refractivity contribution >= 4 is 33.8 Å². The molecule has 2 heterocycles. The molecule has 0 amide bonds. The summed E-state index contributed by atoms with van der Waals surface area (Å²) >= 11 is 3.17. The predicted molar refractivity (Wildman–Crippen MR) is 106 cm³/mol. The number of rotatable bonds is 6. The monoisotopic (exact) mass is 445 g/mol. The van der Waals surface area contributed by atoms with Crippen LogP contribution in [-0.4, -0.2) is 22.9 Å². The number of hydrogen-bond acceptors (Lipinski definition) is 4. The highest BCUT2D eigenvalue weighted by molar-refractivity contribution is 9.10. The highest BCUT2D eigenvalue weighted by atomic mass is 79.9. The molecule has 0 N–H and O–H groups in total. The van der Waals surface area contributed by atoms with Crippen molar-refractivity contribution in [2.24, 2.45) is 0 Å². The van der Waals surface area contributed by atoms with E-state index in [0.717, 1.165) is 11.4 Å². The first kappa shape index (κ1) is 19.8. The number of carbonyl (C=O) groups excluding carboxylic acids is 2. The van der Waals surface area contributed by atoms with Crippen LogP contribution in [0.15, 0.2) is 57.6 Å². The van der Waals surface area contributed by atoms with E-state index in [9.17, 15) is 14.0 Å². The Morgan fingerprint density at radius 1 is 1.18 bits per heavy atom. The standard InChI is InChI=1S/C21H17BrFNO4/c1-13-11-18(14(2)24(13)16-5-3-15(23)4-6-16)19(25)12-27-21(26)10-8-17-7-9-20(22)28-17/h3-11H,12H2,1-2H3. The van der Waals surface area contributed by atoms with Gasteiger partial charge in [0.25, 0.3) is 0 Å². The largest absolute Gasteiger partial charge is 0.454 e. The number of hydrogen-bond donors (Lipinski definition) is 0. The first-order valence-corrected chi connectivity index (χ1v) is 9.22. The SMILES string of the molecule is Cc1cc(C(=O)COC(=O)C=Cc2ccc(Br)o2)c(C)n1-c1ccc(F)cc1. The minimum atomic E-state index is -0.645. The molecule has 5 nitrogen and oxygen atoms in total. The Labute approximate surface area is 169 Å². The van der Waals surface area contributed by atoms with Gasteiger partial charge in [-0.05, 0) is 78.3 Å². The van der Waals surface area contributed by atoms with Gasteiger partial charge in [-0.3, -0.25) is 4.79 Å². The summed E-state index contributed by atoms with van der Waals surface area (Å²) in [5.74, 6) is -0.806. The number of benzene rings is 1. The van der Waals surface area contributed by atoms with E-state index >= 15 is 0 Å². The fraction of sp³-hybridized carbons (Fsp3) is 0.143. The molecule has 2 aromatic heterocycles. The smallest absolute Gasteiger partial charge is 0.331 e. The van der Waals surface area contributed by atoms with Crippen LogP contribution in [-0.2, 0) is 9.53 Å². The molecule has 0 atom stereocenters. The van der Waals surface area contributed by atoms with Gasteiger partial charge in [-0.2, -0.15) is 0 Å². The Balaban J connectivity index is 1.67. The number of ketones is 1. The molecular formula is C21H17BrFNO4. The molecule has 3 rings (SSSR count). The lowest BCUT2D eigenvalue weighted by atomic mass is 10.1. The zero-order valence-electron chi connectivity index (χ0n) is 15.2. The van der Waals surface area contributed by atoms with Gasteiger partial charge in [0, 0.05) is 28.7 Å². The van der Waals surface area contributed by atoms with E-state index in [2.05, 4.69) is 15.9 Å². The number of halogens is 2. The maximum absolute atomic E-state index is 13.2. The average Bonchev–Trinajstić information content (AvgIpc) is 3.21. The van der Waals surface area contributed by atoms with Crippen LogP contribution in [0.5, 0.6) is 0 Å². The normalized spacial score (nSPS) is 11.1. The van der Waals surface area contributed by atoms with Gasteiger partial charge in [0.05, 0.1) is 0 Å². The summed E-state index contributed by atoms with van der Waals surface area (Å²) in [7, 11) is 0. The van der Waals surface area contributed by atoms with Gasteiger partial charge in [-0.15, -0.1) is 0 Å². The van der Waals surface area contributed by atoms with Crippen LogP contribution < -0.4 is 0 Å². The third-order valence-corrected chi connectivity index (χ3v) is 4.57. The molecule has 0 aliphatic heterocycles. The van der Waals surface area contributed by atoms with Gasteiger partial charge in [0.15, 0.2) is 11.3 Å². The quantitative estimate of drug-likeness (QED) is 0.303. The van der Waals surface area contributed by atoms with Crippen LogP contribution in [0.1, 0.15) is 27.5 Å². The van der Waals surface area contributed by atoms with E-state index in [4.69, 9.17) is 9.15 Å². The Morgan fingerprint density at radius 3 is 2.54 bits per heavy atom. The third-order valence-electron chi connectivity index (χ3n) is 4.14. The molecular weight excluding hydrogens is 429 g/mol. The van der Waals surface area contributed by atoms with Gasteiger partial charge in [0.2, 0.25) is 5.78 Å². The summed E-state index contributed by atoms with van der Waals surface area (Å²) in [5.41, 5.74) is 2.72. The molecule has 0 spiro atoms. The van der Waals surface area contributed by atoms with Crippen LogP contribution in [0.25, 0.3) is 11.8 Å². The highest BCUT2D eigenvalue weighted by Crippen LogP contribution is 2.21. The number of furan rings is 1. The predicted octanol–water partition coefficient (Wildman–Crippen LogP) is 5.03. The molecule has 0 aliphatic rings. The maximum Gasteiger partial charge on any atom is 0.331 e. The van der Waals surface area contributed by atoms with Crippen molar-refractivity contribution in [3.63, 3.8) is 0 Å². The minimum Gasteiger partial charge on any atom is -0.454 e. The first-order valence-electron chi connectivity index (χ1n) is 8.43. The molecule has 0 fully saturated rings. The molecule has 0 radical (unpaired) electrons. The van der Waals surface area contributed by atoms with Crippen LogP contribution in [0.4, 0.5) is 4.39 Å². The van der Waals surface area contributed by atoms with Crippen LogP contribution in [0.2, 0.25) is 0 Å². The summed E-state index contributed by atoms with van der Waals surface area (Å²) < 4.78 is 25.8. The van der Waals surface area contributed by atoms with E-state index in [1.807, 2.05) is 11.5 Å². The van der Waals surface area contributed by atoms with Gasteiger partial charge >= 0.3 is 5.97 Å². The second kappa shape index (κ2) is 8.39. The van der Waals surface area contributed by atoms with Crippen LogP contribution in [0, 0.1) is 19.7 Å². The van der Waals surface area contributed by atoms with Crippen molar-refractivity contribution in [2.75, 3.05) is 6.61 Å². The Morgan fingerprint density at radius 2 is 1.89 bits per heavy atom. The summed E-state index contributed by atoms with van der Waals surface area (Å²) in [5, 5.41) is 0. The van der Waals surface area contributed by atoms with Crippen LogP contribution in [0.3, 0.4) is 0 Å². The number of aromatic nitrogens is 1. The van der Waals surface area contributed by atoms with Crippen molar-refractivity contribution in [1.29, 1.82) is 0 Å². The number of nitrogens with zero attached hydrogens (tertiary/aromatic N) is 1. The highest BCUT2D eigenvalue weighted by Gasteiger charge is 2.17. The van der Waals surface area contributed by atoms with E-state index in [0.29, 0.717) is 21.7 Å². The van der Waals surface area contributed by atoms with Gasteiger partial charge in [-0.25, -0.2) is 9.18 Å². The third kappa shape index (κ3) is 4.48. The van der Waals surface area contributed by atoms with Gasteiger partial charge in [0.1, 0.15) is 11.6 Å². The van der Waals surface area contributed by atoms with Gasteiger partial charge < -0.3 is 13.7 Å². The molecule has 0 unspecified atom stereocenters. The second-order valence-electron chi connectivity index (χ2n) is 6.10. The lowest BCUT2D eigenvalue weighted by molar-refractivity contribution is -0.136. The van der Waals surface area contributed by atoms with E-state index in [1.54, 1.807) is 37.3 Å². The van der Waals surface area contributed by atoms with Crippen molar-refractivity contribution in [1.82, 2.24) is 4.57 Å². The first-order chi connectivity index (χ1) is 13.3. The lowest BCUT2D eigenvalue weighted by Crippen LogP contribution is -2.13. The van der Waals surface area contributed by atoms with E-state index < -0.39 is 5.97 Å². The topological polar surface area (TPSA) is 61.4 Å². The zero-order valence-corrected chi connectivity index (χ0v) is 16.8. The fourth-order valence-corrected chi connectivity index (χ4v) is 3.18. The molecule has 0 saturated carbocycles. The summed E-state index contributed by atoms with van der Waals surface area (Å²) in [4.78, 5) is 24.3. The van der Waals surface area contributed by atoms with E-state index in [1.165, 1.54) is 24.3 Å². The average molecular weight is 446 g/mol. The van der Waals surface area contributed by atoms with Crippen molar-refractivity contribution in [2.45, 2.75) is 13.8 Å². The molecule has 1 aromatic carbocycles. The van der Waals surface area contributed by atoms with Crippen molar-refractivity contribution in [3.8, 4) is 5.69 Å². The maximum atomic E-state index is 13.2. The molecule has 28 heavy (non-hydrogen) atoms. The Kier molecular flexibility index (Phi) is 5.94.